The third kappa shape index (κ3) is 3.58. The van der Waals surface area contributed by atoms with Crippen LogP contribution in [0.5, 0.6) is 0 Å². The first-order chi connectivity index (χ1) is 8.25. The zero-order valence-electron chi connectivity index (χ0n) is 9.35. The molecule has 0 amide bonds. The Morgan fingerprint density at radius 2 is 2.06 bits per heavy atom. The van der Waals surface area contributed by atoms with Crippen LogP contribution >= 0.6 is 23.2 Å². The van der Waals surface area contributed by atoms with Crippen LogP contribution in [0.1, 0.15) is 6.92 Å². The number of nitrogens with one attached hydrogen (secondary N) is 1. The topological polar surface area (TPSA) is 83.5 Å². The van der Waals surface area contributed by atoms with Crippen LogP contribution in [0.15, 0.2) is 23.1 Å². The van der Waals surface area contributed by atoms with Crippen LogP contribution in [0.2, 0.25) is 10.0 Å². The van der Waals surface area contributed by atoms with Crippen molar-refractivity contribution < 1.29 is 18.3 Å². The number of rotatable bonds is 5. The molecule has 0 aliphatic carbocycles. The Kier molecular flexibility index (Phi) is 4.98. The maximum absolute atomic E-state index is 11.9. The average Bonchev–Trinajstić information content (AvgIpc) is 2.29. The molecule has 8 heteroatoms. The molecular weight excluding hydrogens is 301 g/mol. The largest absolute Gasteiger partial charge is 0.481 e. The first kappa shape index (κ1) is 15.2. The summed E-state index contributed by atoms with van der Waals surface area (Å²) in [6.45, 7) is 1.17. The highest BCUT2D eigenvalue weighted by Gasteiger charge is 2.21. The molecule has 0 saturated carbocycles. The predicted molar refractivity (Wildman–Crippen MR) is 68.5 cm³/mol. The van der Waals surface area contributed by atoms with E-state index in [1.807, 2.05) is 0 Å². The molecule has 0 bridgehead atoms. The zero-order valence-corrected chi connectivity index (χ0v) is 11.7. The summed E-state index contributed by atoms with van der Waals surface area (Å²) in [5.41, 5.74) is 0. The Labute approximate surface area is 115 Å². The lowest BCUT2D eigenvalue weighted by molar-refractivity contribution is -0.140. The molecule has 18 heavy (non-hydrogen) atoms. The lowest BCUT2D eigenvalue weighted by Gasteiger charge is -2.10. The van der Waals surface area contributed by atoms with E-state index in [4.69, 9.17) is 28.3 Å². The minimum absolute atomic E-state index is 0.0883. The first-order valence-corrected chi connectivity index (χ1v) is 7.16. The molecule has 0 heterocycles. The van der Waals surface area contributed by atoms with Crippen LogP contribution in [-0.4, -0.2) is 26.0 Å². The van der Waals surface area contributed by atoms with E-state index in [1.165, 1.54) is 25.1 Å². The van der Waals surface area contributed by atoms with E-state index in [2.05, 4.69) is 4.72 Å². The van der Waals surface area contributed by atoms with Crippen LogP contribution < -0.4 is 4.72 Å². The summed E-state index contributed by atoms with van der Waals surface area (Å²) in [5, 5.41) is 8.69. The minimum atomic E-state index is -3.87. The predicted octanol–water partition coefficient (Wildman–Crippen LogP) is 1.99. The van der Waals surface area contributed by atoms with Crippen molar-refractivity contribution in [1.82, 2.24) is 4.72 Å². The molecule has 2 N–H and O–H groups in total. The maximum Gasteiger partial charge on any atom is 0.307 e. The van der Waals surface area contributed by atoms with E-state index in [1.54, 1.807) is 0 Å². The molecule has 1 rings (SSSR count). The summed E-state index contributed by atoms with van der Waals surface area (Å²) in [7, 11) is -3.87. The lowest BCUT2D eigenvalue weighted by atomic mass is 10.2. The Morgan fingerprint density at radius 3 is 2.61 bits per heavy atom. The first-order valence-electron chi connectivity index (χ1n) is 4.92. The Hall–Kier alpha value is -0.820. The van der Waals surface area contributed by atoms with Crippen LogP contribution in [0.25, 0.3) is 0 Å². The number of hydrogen-bond donors (Lipinski definition) is 2. The van der Waals surface area contributed by atoms with Gasteiger partial charge in [-0.3, -0.25) is 4.79 Å². The van der Waals surface area contributed by atoms with Crippen molar-refractivity contribution >= 4 is 39.2 Å². The normalized spacial score (nSPS) is 13.3. The van der Waals surface area contributed by atoms with Crippen LogP contribution in [0, 0.1) is 5.92 Å². The number of sulfonamides is 1. The lowest BCUT2D eigenvalue weighted by Crippen LogP contribution is -2.31. The van der Waals surface area contributed by atoms with Gasteiger partial charge in [0.25, 0.3) is 0 Å². The van der Waals surface area contributed by atoms with E-state index < -0.39 is 21.9 Å². The zero-order chi connectivity index (χ0) is 13.9. The Morgan fingerprint density at radius 1 is 1.44 bits per heavy atom. The van der Waals surface area contributed by atoms with Gasteiger partial charge in [0.05, 0.1) is 16.0 Å². The van der Waals surface area contributed by atoms with Crippen molar-refractivity contribution in [3.63, 3.8) is 0 Å². The fourth-order valence-electron chi connectivity index (χ4n) is 1.09. The van der Waals surface area contributed by atoms with Crippen molar-refractivity contribution in [3.05, 3.63) is 28.2 Å². The van der Waals surface area contributed by atoms with Crippen molar-refractivity contribution in [2.45, 2.75) is 11.8 Å². The number of carbonyl (C=O) groups is 1. The number of benzene rings is 1. The second-order valence-corrected chi connectivity index (χ2v) is 6.16. The van der Waals surface area contributed by atoms with Gasteiger partial charge in [0.2, 0.25) is 10.0 Å². The van der Waals surface area contributed by atoms with Gasteiger partial charge >= 0.3 is 5.97 Å². The highest BCUT2D eigenvalue weighted by atomic mass is 35.5. The second-order valence-electron chi connectivity index (χ2n) is 3.64. The molecule has 0 aromatic heterocycles. The SMILES string of the molecule is CC(CNS(=O)(=O)c1cccc(Cl)c1Cl)C(=O)O. The molecule has 0 fully saturated rings. The highest BCUT2D eigenvalue weighted by molar-refractivity contribution is 7.89. The molecule has 5 nitrogen and oxygen atoms in total. The van der Waals surface area contributed by atoms with E-state index in [0.717, 1.165) is 0 Å². The summed E-state index contributed by atoms with van der Waals surface area (Å²) >= 11 is 11.5. The van der Waals surface area contributed by atoms with E-state index in [9.17, 15) is 13.2 Å². The van der Waals surface area contributed by atoms with Crippen LogP contribution in [0.4, 0.5) is 0 Å². The summed E-state index contributed by atoms with van der Waals surface area (Å²) in [6, 6.07) is 4.20. The van der Waals surface area contributed by atoms with Gasteiger partial charge in [-0.1, -0.05) is 36.2 Å². The van der Waals surface area contributed by atoms with Crippen molar-refractivity contribution in [1.29, 1.82) is 0 Å². The van der Waals surface area contributed by atoms with E-state index in [0.29, 0.717) is 0 Å². The fraction of sp³-hybridized carbons (Fsp3) is 0.300. The van der Waals surface area contributed by atoms with Gasteiger partial charge in [-0.25, -0.2) is 13.1 Å². The van der Waals surface area contributed by atoms with Gasteiger partial charge in [-0.05, 0) is 12.1 Å². The number of carboxylic acid groups (broad SMARTS) is 1. The smallest absolute Gasteiger partial charge is 0.307 e. The minimum Gasteiger partial charge on any atom is -0.481 e. The number of halogens is 2. The Bertz CT molecular complexity index is 559. The van der Waals surface area contributed by atoms with Crippen molar-refractivity contribution in [3.8, 4) is 0 Å². The number of carboxylic acids is 1. The Balaban J connectivity index is 2.94. The van der Waals surface area contributed by atoms with Gasteiger partial charge in [0.1, 0.15) is 4.90 Å². The maximum atomic E-state index is 11.9. The standard InChI is InChI=1S/C10H11Cl2NO4S/c1-6(10(14)15)5-13-18(16,17)8-4-2-3-7(11)9(8)12/h2-4,6,13H,5H2,1H3,(H,14,15). The van der Waals surface area contributed by atoms with Crippen LogP contribution in [0.3, 0.4) is 0 Å². The molecule has 0 aliphatic rings. The number of aliphatic carboxylic acids is 1. The number of hydrogen-bond acceptors (Lipinski definition) is 3. The molecule has 1 aromatic rings. The summed E-state index contributed by atoms with van der Waals surface area (Å²) in [4.78, 5) is 10.4. The highest BCUT2D eigenvalue weighted by Crippen LogP contribution is 2.28. The molecular formula is C10H11Cl2NO4S. The molecule has 1 aromatic carbocycles. The molecule has 1 unspecified atom stereocenters. The average molecular weight is 312 g/mol. The van der Waals surface area contributed by atoms with E-state index in [-0.39, 0.29) is 21.5 Å². The molecule has 100 valence electrons. The quantitative estimate of drug-likeness (QED) is 0.871. The second kappa shape index (κ2) is 5.88. The molecule has 0 radical (unpaired) electrons. The third-order valence-electron chi connectivity index (χ3n) is 2.21. The van der Waals surface area contributed by atoms with Gasteiger partial charge in [0.15, 0.2) is 0 Å². The van der Waals surface area contributed by atoms with Gasteiger partial charge < -0.3 is 5.11 Å². The van der Waals surface area contributed by atoms with E-state index >= 15 is 0 Å². The molecule has 1 atom stereocenters. The summed E-state index contributed by atoms with van der Waals surface area (Å²) in [5.74, 6) is -1.92. The molecule has 0 saturated heterocycles. The monoisotopic (exact) mass is 311 g/mol. The molecule has 0 spiro atoms. The van der Waals surface area contributed by atoms with Crippen molar-refractivity contribution in [2.75, 3.05) is 6.54 Å². The van der Waals surface area contributed by atoms with Gasteiger partial charge in [0, 0.05) is 6.54 Å². The van der Waals surface area contributed by atoms with Crippen molar-refractivity contribution in [2.24, 2.45) is 5.92 Å². The summed E-state index contributed by atoms with van der Waals surface area (Å²) in [6.07, 6.45) is 0. The van der Waals surface area contributed by atoms with Gasteiger partial charge in [-0.15, -0.1) is 0 Å². The fourth-order valence-corrected chi connectivity index (χ4v) is 2.98. The molecule has 0 aliphatic heterocycles. The van der Waals surface area contributed by atoms with Crippen LogP contribution in [-0.2, 0) is 14.8 Å². The summed E-state index contributed by atoms with van der Waals surface area (Å²) < 4.78 is 25.9. The third-order valence-corrected chi connectivity index (χ3v) is 4.60. The van der Waals surface area contributed by atoms with Gasteiger partial charge in [-0.2, -0.15) is 0 Å².